The van der Waals surface area contributed by atoms with Gasteiger partial charge in [0.2, 0.25) is 5.91 Å². The van der Waals surface area contributed by atoms with Crippen LogP contribution in [0.2, 0.25) is 0 Å². The van der Waals surface area contributed by atoms with Gasteiger partial charge < -0.3 is 5.32 Å². The van der Waals surface area contributed by atoms with Crippen LogP contribution >= 0.6 is 0 Å². The van der Waals surface area contributed by atoms with Crippen molar-refractivity contribution in [2.75, 3.05) is 0 Å². The number of rotatable bonds is 5. The SMILES string of the molecule is C[C@H](NC(=O)C1(n2cnnn2)CCCCC1)c1ccc(-c2ccccc2)cc1. The lowest BCUT2D eigenvalue weighted by atomic mass is 9.80. The molecule has 0 unspecified atom stereocenters. The molecule has 3 aromatic rings. The Bertz CT molecular complexity index is 900. The minimum absolute atomic E-state index is 0.000800. The monoisotopic (exact) mass is 375 g/mol. The smallest absolute Gasteiger partial charge is 0.248 e. The Balaban J connectivity index is 1.51. The number of benzene rings is 2. The highest BCUT2D eigenvalue weighted by Gasteiger charge is 2.43. The summed E-state index contributed by atoms with van der Waals surface area (Å²) in [4.78, 5) is 13.3. The van der Waals surface area contributed by atoms with E-state index in [1.54, 1.807) is 11.0 Å². The van der Waals surface area contributed by atoms with Crippen LogP contribution in [0.25, 0.3) is 11.1 Å². The molecule has 0 spiro atoms. The van der Waals surface area contributed by atoms with E-state index in [0.29, 0.717) is 0 Å². The highest BCUT2D eigenvalue weighted by Crippen LogP contribution is 2.35. The van der Waals surface area contributed by atoms with E-state index in [-0.39, 0.29) is 11.9 Å². The summed E-state index contributed by atoms with van der Waals surface area (Å²) in [6.45, 7) is 2.02. The fourth-order valence-corrected chi connectivity index (χ4v) is 4.06. The number of nitrogens with zero attached hydrogens (tertiary/aromatic N) is 4. The fraction of sp³-hybridized carbons (Fsp3) is 0.364. The summed E-state index contributed by atoms with van der Waals surface area (Å²) >= 11 is 0. The summed E-state index contributed by atoms with van der Waals surface area (Å²) in [5, 5.41) is 14.8. The highest BCUT2D eigenvalue weighted by molar-refractivity contribution is 5.84. The average Bonchev–Trinajstić information content (AvgIpc) is 3.30. The molecular weight excluding hydrogens is 350 g/mol. The fourth-order valence-electron chi connectivity index (χ4n) is 4.06. The number of hydrogen-bond acceptors (Lipinski definition) is 4. The van der Waals surface area contributed by atoms with Crippen molar-refractivity contribution in [2.24, 2.45) is 0 Å². The summed E-state index contributed by atoms with van der Waals surface area (Å²) < 4.78 is 1.65. The Morgan fingerprint density at radius 2 is 1.68 bits per heavy atom. The molecule has 0 radical (unpaired) electrons. The van der Waals surface area contributed by atoms with Gasteiger partial charge in [0, 0.05) is 0 Å². The van der Waals surface area contributed by atoms with Crippen LogP contribution in [0.15, 0.2) is 60.9 Å². The van der Waals surface area contributed by atoms with Gasteiger partial charge in [-0.15, -0.1) is 5.10 Å². The van der Waals surface area contributed by atoms with Crippen molar-refractivity contribution >= 4 is 5.91 Å². The number of carbonyl (C=O) groups excluding carboxylic acids is 1. The second-order valence-corrected chi connectivity index (χ2v) is 7.53. The number of amides is 1. The van der Waals surface area contributed by atoms with E-state index < -0.39 is 5.54 Å². The van der Waals surface area contributed by atoms with Gasteiger partial charge in [-0.05, 0) is 46.9 Å². The molecule has 1 aliphatic carbocycles. The Hall–Kier alpha value is -3.02. The predicted molar refractivity (Wildman–Crippen MR) is 107 cm³/mol. The van der Waals surface area contributed by atoms with E-state index >= 15 is 0 Å². The Labute approximate surface area is 165 Å². The summed E-state index contributed by atoms with van der Waals surface area (Å²) in [6, 6.07) is 18.6. The molecule has 6 nitrogen and oxygen atoms in total. The number of nitrogens with one attached hydrogen (secondary N) is 1. The van der Waals surface area contributed by atoms with Crippen LogP contribution in [0.4, 0.5) is 0 Å². The molecule has 1 heterocycles. The lowest BCUT2D eigenvalue weighted by Crippen LogP contribution is -2.51. The molecule has 144 valence electrons. The Morgan fingerprint density at radius 1 is 1.00 bits per heavy atom. The van der Waals surface area contributed by atoms with Crippen LogP contribution in [0, 0.1) is 0 Å². The molecule has 4 rings (SSSR count). The van der Waals surface area contributed by atoms with Gasteiger partial charge in [0.05, 0.1) is 6.04 Å². The Morgan fingerprint density at radius 3 is 2.32 bits per heavy atom. The van der Waals surface area contributed by atoms with Crippen molar-refractivity contribution in [3.8, 4) is 11.1 Å². The standard InChI is InChI=1S/C22H25N5O/c1-17(18-10-12-20(13-11-18)19-8-4-2-5-9-19)24-21(28)22(14-6-3-7-15-22)27-16-23-25-26-27/h2,4-5,8-13,16-17H,3,6-7,14-15H2,1H3,(H,24,28)/t17-/m0/s1. The van der Waals surface area contributed by atoms with Crippen molar-refractivity contribution in [1.82, 2.24) is 25.5 Å². The topological polar surface area (TPSA) is 72.7 Å². The first kappa shape index (κ1) is 18.3. The summed E-state index contributed by atoms with van der Waals surface area (Å²) in [5.41, 5.74) is 2.75. The van der Waals surface area contributed by atoms with E-state index in [9.17, 15) is 4.79 Å². The minimum atomic E-state index is -0.681. The quantitative estimate of drug-likeness (QED) is 0.735. The van der Waals surface area contributed by atoms with E-state index in [1.165, 1.54) is 11.1 Å². The van der Waals surface area contributed by atoms with E-state index in [4.69, 9.17) is 0 Å². The van der Waals surface area contributed by atoms with E-state index in [2.05, 4.69) is 57.2 Å². The number of carbonyl (C=O) groups is 1. The molecule has 0 bridgehead atoms. The molecule has 1 atom stereocenters. The lowest BCUT2D eigenvalue weighted by molar-refractivity contribution is -0.133. The van der Waals surface area contributed by atoms with Gasteiger partial charge in [0.15, 0.2) is 0 Å². The number of tetrazole rings is 1. The van der Waals surface area contributed by atoms with Crippen molar-refractivity contribution in [1.29, 1.82) is 0 Å². The molecule has 28 heavy (non-hydrogen) atoms. The van der Waals surface area contributed by atoms with E-state index in [1.807, 2.05) is 25.1 Å². The largest absolute Gasteiger partial charge is 0.347 e. The summed E-state index contributed by atoms with van der Waals surface area (Å²) in [6.07, 6.45) is 6.26. The molecule has 1 aromatic heterocycles. The molecule has 6 heteroatoms. The van der Waals surface area contributed by atoms with Crippen LogP contribution in [-0.4, -0.2) is 26.1 Å². The molecule has 0 aliphatic heterocycles. The van der Waals surface area contributed by atoms with Crippen molar-refractivity contribution in [3.63, 3.8) is 0 Å². The lowest BCUT2D eigenvalue weighted by Gasteiger charge is -2.36. The van der Waals surface area contributed by atoms with E-state index in [0.717, 1.165) is 37.7 Å². The first-order chi connectivity index (χ1) is 13.7. The average molecular weight is 375 g/mol. The first-order valence-corrected chi connectivity index (χ1v) is 9.89. The second-order valence-electron chi connectivity index (χ2n) is 7.53. The minimum Gasteiger partial charge on any atom is -0.347 e. The summed E-state index contributed by atoms with van der Waals surface area (Å²) in [5.74, 6) is -0.000800. The molecule has 1 saturated carbocycles. The molecule has 1 amide bonds. The third-order valence-corrected chi connectivity index (χ3v) is 5.76. The molecule has 0 saturated heterocycles. The summed E-state index contributed by atoms with van der Waals surface area (Å²) in [7, 11) is 0. The van der Waals surface area contributed by atoms with Crippen LogP contribution in [0.1, 0.15) is 50.6 Å². The molecule has 1 aliphatic rings. The third kappa shape index (κ3) is 3.54. The van der Waals surface area contributed by atoms with Crippen LogP contribution in [0.5, 0.6) is 0 Å². The van der Waals surface area contributed by atoms with Crippen molar-refractivity contribution in [2.45, 2.75) is 50.6 Å². The molecule has 1 N–H and O–H groups in total. The molecular formula is C22H25N5O. The normalized spacial score (nSPS) is 17.0. The van der Waals surface area contributed by atoms with Gasteiger partial charge in [0.1, 0.15) is 11.9 Å². The maximum Gasteiger partial charge on any atom is 0.248 e. The van der Waals surface area contributed by atoms with Gasteiger partial charge in [0.25, 0.3) is 0 Å². The van der Waals surface area contributed by atoms with Crippen LogP contribution < -0.4 is 5.32 Å². The van der Waals surface area contributed by atoms with Gasteiger partial charge in [-0.1, -0.05) is 73.9 Å². The van der Waals surface area contributed by atoms with Crippen LogP contribution in [-0.2, 0) is 10.3 Å². The first-order valence-electron chi connectivity index (χ1n) is 9.89. The highest BCUT2D eigenvalue weighted by atomic mass is 16.2. The maximum absolute atomic E-state index is 13.3. The zero-order valence-electron chi connectivity index (χ0n) is 16.1. The van der Waals surface area contributed by atoms with Crippen molar-refractivity contribution < 1.29 is 4.79 Å². The van der Waals surface area contributed by atoms with Gasteiger partial charge in [-0.25, -0.2) is 4.68 Å². The van der Waals surface area contributed by atoms with Crippen LogP contribution in [0.3, 0.4) is 0 Å². The molecule has 2 aromatic carbocycles. The third-order valence-electron chi connectivity index (χ3n) is 5.76. The maximum atomic E-state index is 13.3. The van der Waals surface area contributed by atoms with Gasteiger partial charge in [-0.2, -0.15) is 0 Å². The molecule has 1 fully saturated rings. The number of hydrogen-bond donors (Lipinski definition) is 1. The predicted octanol–water partition coefficient (Wildman–Crippen LogP) is 3.88. The zero-order valence-corrected chi connectivity index (χ0v) is 16.1. The zero-order chi connectivity index (χ0) is 19.4. The van der Waals surface area contributed by atoms with Gasteiger partial charge >= 0.3 is 0 Å². The Kier molecular flexibility index (Phi) is 5.19. The second kappa shape index (κ2) is 7.92. The van der Waals surface area contributed by atoms with Gasteiger partial charge in [-0.3, -0.25) is 4.79 Å². The number of aromatic nitrogens is 4. The van der Waals surface area contributed by atoms with Crippen molar-refractivity contribution in [3.05, 3.63) is 66.5 Å².